The van der Waals surface area contributed by atoms with Crippen LogP contribution in [-0.2, 0) is 0 Å². The Balaban J connectivity index is 2.39. The van der Waals surface area contributed by atoms with E-state index in [1.165, 1.54) is 12.1 Å². The molecule has 0 saturated heterocycles. The Hall–Kier alpha value is -1.69. The van der Waals surface area contributed by atoms with Crippen LogP contribution < -0.4 is 10.1 Å². The number of halogens is 2. The third-order valence-electron chi connectivity index (χ3n) is 1.95. The first kappa shape index (κ1) is 13.4. The molecule has 0 aliphatic heterocycles. The van der Waals surface area contributed by atoms with Gasteiger partial charge in [-0.2, -0.15) is 0 Å². The van der Waals surface area contributed by atoms with Crippen molar-refractivity contribution in [1.82, 2.24) is 5.32 Å². The van der Waals surface area contributed by atoms with Gasteiger partial charge < -0.3 is 15.2 Å². The number of benzene rings is 1. The van der Waals surface area contributed by atoms with Crippen LogP contribution >= 0.6 is 0 Å². The predicted molar refractivity (Wildman–Crippen MR) is 57.8 cm³/mol. The average Bonchev–Trinajstić information content (AvgIpc) is 2.28. The number of carbonyl (C=O) groups is 1. The highest BCUT2D eigenvalue weighted by Gasteiger charge is 2.09. The van der Waals surface area contributed by atoms with Crippen LogP contribution in [-0.4, -0.2) is 37.2 Å². The first-order chi connectivity index (χ1) is 8.11. The number of hydrogen-bond acceptors (Lipinski definition) is 3. The summed E-state index contributed by atoms with van der Waals surface area (Å²) >= 11 is 0. The summed E-state index contributed by atoms with van der Waals surface area (Å²) < 4.78 is 28.7. The van der Waals surface area contributed by atoms with E-state index < -0.39 is 18.9 Å². The van der Waals surface area contributed by atoms with Crippen molar-refractivity contribution < 1.29 is 23.4 Å². The zero-order chi connectivity index (χ0) is 12.7. The second-order valence-electron chi connectivity index (χ2n) is 3.24. The summed E-state index contributed by atoms with van der Waals surface area (Å²) in [5.41, 5.74) is 0.0568. The van der Waals surface area contributed by atoms with Crippen LogP contribution in [0.1, 0.15) is 10.4 Å². The molecule has 94 valence electrons. The van der Waals surface area contributed by atoms with E-state index in [9.17, 15) is 13.6 Å². The molecular weight excluding hydrogens is 232 g/mol. The Bertz CT molecular complexity index is 371. The second kappa shape index (κ2) is 6.80. The van der Waals surface area contributed by atoms with Gasteiger partial charge in [0.15, 0.2) is 0 Å². The average molecular weight is 245 g/mol. The van der Waals surface area contributed by atoms with Crippen molar-refractivity contribution >= 4 is 5.97 Å². The molecule has 1 aromatic carbocycles. The predicted octanol–water partition coefficient (Wildman–Crippen LogP) is 1.62. The van der Waals surface area contributed by atoms with Crippen molar-refractivity contribution in [2.24, 2.45) is 0 Å². The van der Waals surface area contributed by atoms with Gasteiger partial charge >= 0.3 is 5.97 Å². The van der Waals surface area contributed by atoms with E-state index in [1.807, 2.05) is 0 Å². The summed E-state index contributed by atoms with van der Waals surface area (Å²) in [6.45, 7) is -0.0285. The van der Waals surface area contributed by atoms with Crippen molar-refractivity contribution in [3.63, 3.8) is 0 Å². The maximum absolute atomic E-state index is 11.8. The van der Waals surface area contributed by atoms with Gasteiger partial charge in [-0.25, -0.2) is 13.6 Å². The molecular formula is C11H13F2NO3. The van der Waals surface area contributed by atoms with Crippen LogP contribution in [0.5, 0.6) is 5.75 Å². The van der Waals surface area contributed by atoms with Gasteiger partial charge in [0.25, 0.3) is 6.43 Å². The third kappa shape index (κ3) is 4.78. The molecule has 0 aliphatic carbocycles. The highest BCUT2D eigenvalue weighted by atomic mass is 19.3. The Morgan fingerprint density at radius 3 is 2.76 bits per heavy atom. The first-order valence-electron chi connectivity index (χ1n) is 5.05. The number of alkyl halides is 2. The quantitative estimate of drug-likeness (QED) is 0.717. The van der Waals surface area contributed by atoms with Gasteiger partial charge in [-0.05, 0) is 12.1 Å². The Morgan fingerprint density at radius 1 is 1.41 bits per heavy atom. The molecule has 0 bridgehead atoms. The summed E-state index contributed by atoms with van der Waals surface area (Å²) in [6, 6.07) is 6.18. The second-order valence-corrected chi connectivity index (χ2v) is 3.24. The number of carboxylic acids is 1. The largest absolute Gasteiger partial charge is 0.491 e. The molecule has 0 aromatic heterocycles. The lowest BCUT2D eigenvalue weighted by Gasteiger charge is -2.09. The Morgan fingerprint density at radius 2 is 2.12 bits per heavy atom. The number of hydrogen-bond donors (Lipinski definition) is 2. The normalized spacial score (nSPS) is 10.5. The summed E-state index contributed by atoms with van der Waals surface area (Å²) in [4.78, 5) is 10.8. The number of carboxylic acid groups (broad SMARTS) is 1. The van der Waals surface area contributed by atoms with Gasteiger partial charge in [-0.1, -0.05) is 12.1 Å². The lowest BCUT2D eigenvalue weighted by atomic mass is 10.2. The molecule has 2 N–H and O–H groups in total. The number of nitrogens with one attached hydrogen (secondary N) is 1. The minimum atomic E-state index is -2.40. The number of aromatic carboxylic acids is 1. The topological polar surface area (TPSA) is 58.6 Å². The zero-order valence-corrected chi connectivity index (χ0v) is 9.03. The molecule has 0 aliphatic rings. The van der Waals surface area contributed by atoms with E-state index in [2.05, 4.69) is 5.32 Å². The van der Waals surface area contributed by atoms with E-state index in [4.69, 9.17) is 9.84 Å². The van der Waals surface area contributed by atoms with E-state index in [1.54, 1.807) is 12.1 Å². The van der Waals surface area contributed by atoms with E-state index in [0.29, 0.717) is 0 Å². The fourth-order valence-electron chi connectivity index (χ4n) is 1.21. The molecule has 17 heavy (non-hydrogen) atoms. The zero-order valence-electron chi connectivity index (χ0n) is 9.03. The van der Waals surface area contributed by atoms with Crippen molar-refractivity contribution in [1.29, 1.82) is 0 Å². The summed E-state index contributed by atoms with van der Waals surface area (Å²) in [7, 11) is 0. The standard InChI is InChI=1S/C11H13F2NO3/c12-10(13)7-14-5-6-17-9-4-2-1-3-8(9)11(15)16/h1-4,10,14H,5-7H2,(H,15,16). The maximum atomic E-state index is 11.8. The van der Waals surface area contributed by atoms with Crippen LogP contribution in [0.4, 0.5) is 8.78 Å². The number of ether oxygens (including phenoxy) is 1. The van der Waals surface area contributed by atoms with E-state index >= 15 is 0 Å². The highest BCUT2D eigenvalue weighted by molar-refractivity contribution is 5.90. The molecule has 1 rings (SSSR count). The molecule has 0 radical (unpaired) electrons. The summed E-state index contributed by atoms with van der Waals surface area (Å²) in [5, 5.41) is 11.3. The highest BCUT2D eigenvalue weighted by Crippen LogP contribution is 2.17. The molecule has 6 heteroatoms. The van der Waals surface area contributed by atoms with Crippen LogP contribution in [0, 0.1) is 0 Å². The molecule has 0 atom stereocenters. The lowest BCUT2D eigenvalue weighted by Crippen LogP contribution is -2.26. The monoisotopic (exact) mass is 245 g/mol. The summed E-state index contributed by atoms with van der Waals surface area (Å²) in [5.74, 6) is -0.847. The molecule has 0 fully saturated rings. The third-order valence-corrected chi connectivity index (χ3v) is 1.95. The summed E-state index contributed by atoms with van der Waals surface area (Å²) in [6.07, 6.45) is -2.40. The molecule has 0 unspecified atom stereocenters. The van der Waals surface area contributed by atoms with Crippen LogP contribution in [0.15, 0.2) is 24.3 Å². The first-order valence-corrected chi connectivity index (χ1v) is 5.05. The Labute approximate surface area is 97.2 Å². The molecule has 4 nitrogen and oxygen atoms in total. The fraction of sp³-hybridized carbons (Fsp3) is 0.364. The van der Waals surface area contributed by atoms with E-state index in [-0.39, 0.29) is 24.5 Å². The van der Waals surface area contributed by atoms with Gasteiger partial charge in [0.05, 0.1) is 6.54 Å². The van der Waals surface area contributed by atoms with Gasteiger partial charge in [0, 0.05) is 6.54 Å². The van der Waals surface area contributed by atoms with Crippen LogP contribution in [0.2, 0.25) is 0 Å². The van der Waals surface area contributed by atoms with Crippen molar-refractivity contribution in [2.45, 2.75) is 6.43 Å². The smallest absolute Gasteiger partial charge is 0.339 e. The molecule has 0 amide bonds. The molecule has 0 heterocycles. The minimum Gasteiger partial charge on any atom is -0.491 e. The van der Waals surface area contributed by atoms with Crippen LogP contribution in [0.3, 0.4) is 0 Å². The number of rotatable bonds is 7. The van der Waals surface area contributed by atoms with E-state index in [0.717, 1.165) is 0 Å². The van der Waals surface area contributed by atoms with Crippen molar-refractivity contribution in [3.05, 3.63) is 29.8 Å². The van der Waals surface area contributed by atoms with Gasteiger partial charge in [-0.3, -0.25) is 0 Å². The van der Waals surface area contributed by atoms with Crippen molar-refractivity contribution in [2.75, 3.05) is 19.7 Å². The molecule has 0 saturated carbocycles. The maximum Gasteiger partial charge on any atom is 0.339 e. The van der Waals surface area contributed by atoms with Crippen molar-refractivity contribution in [3.8, 4) is 5.75 Å². The molecule has 1 aromatic rings. The Kier molecular flexibility index (Phi) is 5.35. The van der Waals surface area contributed by atoms with Crippen LogP contribution in [0.25, 0.3) is 0 Å². The fourth-order valence-corrected chi connectivity index (χ4v) is 1.21. The van der Waals surface area contributed by atoms with Gasteiger partial charge in [0.1, 0.15) is 17.9 Å². The minimum absolute atomic E-state index is 0.0568. The lowest BCUT2D eigenvalue weighted by molar-refractivity contribution is 0.0692. The number of para-hydroxylation sites is 1. The van der Waals surface area contributed by atoms with Gasteiger partial charge in [0.2, 0.25) is 0 Å². The van der Waals surface area contributed by atoms with Gasteiger partial charge in [-0.15, -0.1) is 0 Å². The SMILES string of the molecule is O=C(O)c1ccccc1OCCNCC(F)F. The molecule has 0 spiro atoms.